The Hall–Kier alpha value is 0.177. The Morgan fingerprint density at radius 2 is 1.71 bits per heavy atom. The highest BCUT2D eigenvalue weighted by Gasteiger charge is 2.53. The van der Waals surface area contributed by atoms with Gasteiger partial charge in [0.1, 0.15) is 0 Å². The summed E-state index contributed by atoms with van der Waals surface area (Å²) in [7, 11) is -1.63. The Balaban J connectivity index is 2.17. The van der Waals surface area contributed by atoms with Gasteiger partial charge in [0, 0.05) is 6.10 Å². The maximum absolute atomic E-state index is 6.89. The van der Waals surface area contributed by atoms with Crippen LogP contribution in [0.3, 0.4) is 0 Å². The predicted molar refractivity (Wildman–Crippen MR) is 95.1 cm³/mol. The third-order valence-electron chi connectivity index (χ3n) is 7.19. The topological polar surface area (TPSA) is 9.23 Å². The Labute approximate surface area is 134 Å². The minimum absolute atomic E-state index is 0.330. The van der Waals surface area contributed by atoms with Gasteiger partial charge in [0.05, 0.1) is 0 Å². The fourth-order valence-electron chi connectivity index (χ4n) is 4.95. The molecule has 2 rings (SSSR count). The van der Waals surface area contributed by atoms with Gasteiger partial charge in [-0.05, 0) is 67.0 Å². The molecule has 0 aromatic rings. The van der Waals surface area contributed by atoms with Crippen molar-refractivity contribution in [1.29, 1.82) is 0 Å². The minimum atomic E-state index is -1.63. The maximum Gasteiger partial charge on any atom is 0.192 e. The molecule has 0 radical (unpaired) electrons. The first kappa shape index (κ1) is 17.5. The van der Waals surface area contributed by atoms with Crippen LogP contribution in [0.1, 0.15) is 73.6 Å². The van der Waals surface area contributed by atoms with Gasteiger partial charge < -0.3 is 4.43 Å². The SMILES string of the molecule is CC(C)C1CC[C@H]2[C@@H](O[Si](C)(C)C(C)(C)C)CCC[C@]12C. The standard InChI is InChI=1S/C19H38OSi/c1-14(2)15-11-12-16-17(10-9-13-19(15,16)6)20-21(7,8)18(3,4)5/h14-17H,9-13H2,1-8H3/t15?,16-,17-,19+/m0/s1. The molecule has 0 N–H and O–H groups in total. The van der Waals surface area contributed by atoms with Crippen LogP contribution in [0.15, 0.2) is 0 Å². The molecule has 2 fully saturated rings. The van der Waals surface area contributed by atoms with E-state index in [1.807, 2.05) is 0 Å². The van der Waals surface area contributed by atoms with Gasteiger partial charge in [0.25, 0.3) is 0 Å². The molecule has 2 aliphatic carbocycles. The van der Waals surface area contributed by atoms with Crippen molar-refractivity contribution in [3.05, 3.63) is 0 Å². The molecular formula is C19H38OSi. The fourth-order valence-corrected chi connectivity index (χ4v) is 6.34. The van der Waals surface area contributed by atoms with Gasteiger partial charge in [-0.2, -0.15) is 0 Å². The molecule has 124 valence electrons. The Kier molecular flexibility index (Phi) is 4.73. The zero-order valence-corrected chi connectivity index (χ0v) is 16.8. The molecule has 0 aromatic carbocycles. The molecule has 0 spiro atoms. The van der Waals surface area contributed by atoms with Crippen LogP contribution >= 0.6 is 0 Å². The summed E-state index contributed by atoms with van der Waals surface area (Å²) in [6.45, 7) is 19.4. The van der Waals surface area contributed by atoms with Gasteiger partial charge in [-0.3, -0.25) is 0 Å². The van der Waals surface area contributed by atoms with E-state index in [-0.39, 0.29) is 0 Å². The highest BCUT2D eigenvalue weighted by Crippen LogP contribution is 2.59. The van der Waals surface area contributed by atoms with Crippen LogP contribution in [-0.2, 0) is 4.43 Å². The number of hydrogen-bond acceptors (Lipinski definition) is 1. The van der Waals surface area contributed by atoms with Crippen LogP contribution in [-0.4, -0.2) is 14.4 Å². The quantitative estimate of drug-likeness (QED) is 0.560. The lowest BCUT2D eigenvalue weighted by Gasteiger charge is -2.49. The zero-order valence-electron chi connectivity index (χ0n) is 15.8. The highest BCUT2D eigenvalue weighted by molar-refractivity contribution is 6.74. The lowest BCUT2D eigenvalue weighted by molar-refractivity contribution is -0.0186. The average Bonchev–Trinajstić information content (AvgIpc) is 2.65. The van der Waals surface area contributed by atoms with Crippen LogP contribution in [0.25, 0.3) is 0 Å². The second kappa shape index (κ2) is 5.67. The third kappa shape index (κ3) is 3.13. The van der Waals surface area contributed by atoms with Crippen LogP contribution in [0.4, 0.5) is 0 Å². The van der Waals surface area contributed by atoms with Crippen molar-refractivity contribution in [3.8, 4) is 0 Å². The molecule has 2 aliphatic rings. The smallest absolute Gasteiger partial charge is 0.192 e. The monoisotopic (exact) mass is 310 g/mol. The van der Waals surface area contributed by atoms with Crippen LogP contribution in [0.5, 0.6) is 0 Å². The molecule has 1 unspecified atom stereocenters. The van der Waals surface area contributed by atoms with Gasteiger partial charge in [-0.1, -0.05) is 48.0 Å². The summed E-state index contributed by atoms with van der Waals surface area (Å²) in [5.41, 5.74) is 0.541. The van der Waals surface area contributed by atoms with Crippen molar-refractivity contribution in [2.45, 2.75) is 97.9 Å². The fraction of sp³-hybridized carbons (Fsp3) is 1.00. The summed E-state index contributed by atoms with van der Waals surface area (Å²) >= 11 is 0. The summed E-state index contributed by atoms with van der Waals surface area (Å²) in [5.74, 6) is 2.55. The Morgan fingerprint density at radius 1 is 1.10 bits per heavy atom. The largest absolute Gasteiger partial charge is 0.414 e. The van der Waals surface area contributed by atoms with Crippen molar-refractivity contribution in [2.75, 3.05) is 0 Å². The molecule has 0 aliphatic heterocycles. The van der Waals surface area contributed by atoms with E-state index in [0.717, 1.165) is 17.8 Å². The van der Waals surface area contributed by atoms with E-state index < -0.39 is 8.32 Å². The van der Waals surface area contributed by atoms with E-state index in [2.05, 4.69) is 54.6 Å². The summed E-state index contributed by atoms with van der Waals surface area (Å²) in [4.78, 5) is 0. The molecular weight excluding hydrogens is 272 g/mol. The number of hydrogen-bond donors (Lipinski definition) is 0. The van der Waals surface area contributed by atoms with E-state index in [4.69, 9.17) is 4.43 Å². The lowest BCUT2D eigenvalue weighted by atomic mass is 9.62. The van der Waals surface area contributed by atoms with Crippen molar-refractivity contribution in [1.82, 2.24) is 0 Å². The van der Waals surface area contributed by atoms with E-state index in [1.165, 1.54) is 32.1 Å². The first-order valence-corrected chi connectivity index (χ1v) is 12.1. The molecule has 21 heavy (non-hydrogen) atoms. The van der Waals surface area contributed by atoms with Gasteiger partial charge in [0.2, 0.25) is 0 Å². The van der Waals surface area contributed by atoms with Crippen molar-refractivity contribution in [2.24, 2.45) is 23.2 Å². The predicted octanol–water partition coefficient (Wildman–Crippen LogP) is 6.25. The van der Waals surface area contributed by atoms with Gasteiger partial charge in [-0.25, -0.2) is 0 Å². The average molecular weight is 311 g/mol. The zero-order chi connectivity index (χ0) is 16.1. The molecule has 2 saturated carbocycles. The van der Waals surface area contributed by atoms with Gasteiger partial charge >= 0.3 is 0 Å². The van der Waals surface area contributed by atoms with Gasteiger partial charge in [0.15, 0.2) is 8.32 Å². The molecule has 0 saturated heterocycles. The summed E-state index contributed by atoms with van der Waals surface area (Å²) in [5, 5.41) is 0.330. The van der Waals surface area contributed by atoms with Crippen molar-refractivity contribution >= 4 is 8.32 Å². The molecule has 4 atom stereocenters. The lowest BCUT2D eigenvalue weighted by Crippen LogP contribution is -2.50. The minimum Gasteiger partial charge on any atom is -0.414 e. The van der Waals surface area contributed by atoms with E-state index in [9.17, 15) is 0 Å². The first-order valence-electron chi connectivity index (χ1n) is 9.17. The van der Waals surface area contributed by atoms with Crippen LogP contribution in [0, 0.1) is 23.2 Å². The van der Waals surface area contributed by atoms with Gasteiger partial charge in [-0.15, -0.1) is 0 Å². The number of fused-ring (bicyclic) bond motifs is 1. The third-order valence-corrected chi connectivity index (χ3v) is 11.7. The second-order valence-corrected chi connectivity index (χ2v) is 14.6. The van der Waals surface area contributed by atoms with E-state index in [1.54, 1.807) is 0 Å². The molecule has 1 nitrogen and oxygen atoms in total. The summed E-state index contributed by atoms with van der Waals surface area (Å²) < 4.78 is 6.89. The summed E-state index contributed by atoms with van der Waals surface area (Å²) in [6, 6.07) is 0. The van der Waals surface area contributed by atoms with E-state index in [0.29, 0.717) is 16.6 Å². The van der Waals surface area contributed by atoms with Crippen LogP contribution < -0.4 is 0 Å². The van der Waals surface area contributed by atoms with Crippen molar-refractivity contribution in [3.63, 3.8) is 0 Å². The van der Waals surface area contributed by atoms with E-state index >= 15 is 0 Å². The van der Waals surface area contributed by atoms with Crippen LogP contribution in [0.2, 0.25) is 18.1 Å². The molecule has 2 heteroatoms. The Morgan fingerprint density at radius 3 is 2.24 bits per heavy atom. The summed E-state index contributed by atoms with van der Waals surface area (Å²) in [6.07, 6.45) is 7.47. The molecule has 0 bridgehead atoms. The highest BCUT2D eigenvalue weighted by atomic mass is 28.4. The Bertz CT molecular complexity index is 368. The molecule has 0 amide bonds. The molecule has 0 heterocycles. The van der Waals surface area contributed by atoms with Crippen molar-refractivity contribution < 1.29 is 4.43 Å². The first-order chi connectivity index (χ1) is 9.49. The molecule has 0 aromatic heterocycles. The maximum atomic E-state index is 6.89. The second-order valence-electron chi connectivity index (χ2n) is 9.85. The normalized spacial score (nSPS) is 37.9. The number of rotatable bonds is 3.